The lowest BCUT2D eigenvalue weighted by atomic mass is 10.0. The van der Waals surface area contributed by atoms with Crippen molar-refractivity contribution in [3.8, 4) is 0 Å². The van der Waals surface area contributed by atoms with Gasteiger partial charge in [0.2, 0.25) is 0 Å². The lowest BCUT2D eigenvalue weighted by Gasteiger charge is -2.24. The van der Waals surface area contributed by atoms with Crippen LogP contribution in [0.2, 0.25) is 0 Å². The number of hydrogen-bond acceptors (Lipinski definition) is 3. The Morgan fingerprint density at radius 1 is 1.24 bits per heavy atom. The van der Waals surface area contributed by atoms with Gasteiger partial charge in [-0.15, -0.1) is 0 Å². The molecule has 1 unspecified atom stereocenters. The molecule has 1 aromatic heterocycles. The van der Waals surface area contributed by atoms with E-state index in [1.807, 2.05) is 24.5 Å². The number of nitrogens with two attached hydrogens (primary N) is 1. The summed E-state index contributed by atoms with van der Waals surface area (Å²) in [4.78, 5) is 6.33. The number of rotatable bonds is 6. The van der Waals surface area contributed by atoms with Gasteiger partial charge >= 0.3 is 0 Å². The van der Waals surface area contributed by atoms with Gasteiger partial charge < -0.3 is 10.6 Å². The van der Waals surface area contributed by atoms with Crippen molar-refractivity contribution in [3.05, 3.63) is 58.3 Å². The molecule has 0 aliphatic carbocycles. The fourth-order valence-corrected chi connectivity index (χ4v) is 2.69. The van der Waals surface area contributed by atoms with Crippen molar-refractivity contribution in [1.82, 2.24) is 4.98 Å². The molecule has 0 aliphatic heterocycles. The second-order valence-corrected chi connectivity index (χ2v) is 6.27. The Bertz CT molecular complexity index is 572. The highest BCUT2D eigenvalue weighted by molar-refractivity contribution is 9.10. The summed E-state index contributed by atoms with van der Waals surface area (Å²) in [5.74, 6) is 0. The second-order valence-electron chi connectivity index (χ2n) is 5.36. The fraction of sp³-hybridized carbons (Fsp3) is 0.353. The third kappa shape index (κ3) is 4.55. The lowest BCUT2D eigenvalue weighted by molar-refractivity contribution is 0.645. The minimum absolute atomic E-state index is 0.208. The molecule has 0 bridgehead atoms. The van der Waals surface area contributed by atoms with Gasteiger partial charge in [0.1, 0.15) is 0 Å². The number of hydrogen-bond donors (Lipinski definition) is 1. The SMILES string of the molecule is CCC(N)Cc1ccc(Br)cc1N(C)Cc1ccncc1. The van der Waals surface area contributed by atoms with Crippen LogP contribution in [0.3, 0.4) is 0 Å². The molecule has 2 N–H and O–H groups in total. The highest BCUT2D eigenvalue weighted by atomic mass is 79.9. The number of benzene rings is 1. The fourth-order valence-electron chi connectivity index (χ4n) is 2.34. The average molecular weight is 348 g/mol. The molecule has 4 heteroatoms. The summed E-state index contributed by atoms with van der Waals surface area (Å²) in [6.45, 7) is 2.98. The van der Waals surface area contributed by atoms with Gasteiger partial charge in [-0.25, -0.2) is 0 Å². The molecule has 1 atom stereocenters. The Morgan fingerprint density at radius 2 is 1.95 bits per heavy atom. The summed E-state index contributed by atoms with van der Waals surface area (Å²) in [7, 11) is 2.11. The van der Waals surface area contributed by atoms with E-state index in [0.717, 1.165) is 23.9 Å². The Balaban J connectivity index is 2.22. The van der Waals surface area contributed by atoms with Crippen LogP contribution < -0.4 is 10.6 Å². The van der Waals surface area contributed by atoms with Crippen molar-refractivity contribution in [3.63, 3.8) is 0 Å². The standard InChI is InChI=1S/C17H22BrN3/c1-3-16(19)10-14-4-5-15(18)11-17(14)21(2)12-13-6-8-20-9-7-13/h4-9,11,16H,3,10,12,19H2,1-2H3. The molecule has 0 saturated carbocycles. The van der Waals surface area contributed by atoms with Crippen LogP contribution in [0.5, 0.6) is 0 Å². The molecule has 0 fully saturated rings. The summed E-state index contributed by atoms with van der Waals surface area (Å²) in [6.07, 6.45) is 5.55. The highest BCUT2D eigenvalue weighted by Crippen LogP contribution is 2.26. The molecule has 112 valence electrons. The lowest BCUT2D eigenvalue weighted by Crippen LogP contribution is -2.24. The zero-order valence-electron chi connectivity index (χ0n) is 12.6. The van der Waals surface area contributed by atoms with E-state index >= 15 is 0 Å². The number of nitrogens with zero attached hydrogens (tertiary/aromatic N) is 2. The largest absolute Gasteiger partial charge is 0.370 e. The highest BCUT2D eigenvalue weighted by Gasteiger charge is 2.11. The first-order chi connectivity index (χ1) is 10.1. The van der Waals surface area contributed by atoms with Crippen molar-refractivity contribution in [1.29, 1.82) is 0 Å². The molecular formula is C17H22BrN3. The van der Waals surface area contributed by atoms with Gasteiger partial charge in [-0.2, -0.15) is 0 Å². The number of halogens is 1. The molecule has 0 saturated heterocycles. The molecule has 1 aromatic carbocycles. The van der Waals surface area contributed by atoms with Gasteiger partial charge in [0, 0.05) is 42.2 Å². The number of pyridine rings is 1. The van der Waals surface area contributed by atoms with Crippen LogP contribution in [0.1, 0.15) is 24.5 Å². The first kappa shape index (κ1) is 16.0. The quantitative estimate of drug-likeness (QED) is 0.864. The van der Waals surface area contributed by atoms with Crippen molar-refractivity contribution >= 4 is 21.6 Å². The van der Waals surface area contributed by atoms with E-state index in [-0.39, 0.29) is 6.04 Å². The Labute approximate surface area is 135 Å². The van der Waals surface area contributed by atoms with Gasteiger partial charge in [0.25, 0.3) is 0 Å². The summed E-state index contributed by atoms with van der Waals surface area (Å²) in [6, 6.07) is 10.7. The van der Waals surface area contributed by atoms with Gasteiger partial charge in [-0.3, -0.25) is 4.98 Å². The Hall–Kier alpha value is -1.39. The minimum atomic E-state index is 0.208. The topological polar surface area (TPSA) is 42.1 Å². The van der Waals surface area contributed by atoms with Crippen LogP contribution in [-0.4, -0.2) is 18.1 Å². The molecule has 3 nitrogen and oxygen atoms in total. The van der Waals surface area contributed by atoms with E-state index in [1.165, 1.54) is 16.8 Å². The molecule has 0 aliphatic rings. The third-order valence-corrected chi connectivity index (χ3v) is 4.13. The average Bonchev–Trinajstić information content (AvgIpc) is 2.49. The van der Waals surface area contributed by atoms with Crippen LogP contribution >= 0.6 is 15.9 Å². The summed E-state index contributed by atoms with van der Waals surface area (Å²) in [5, 5.41) is 0. The summed E-state index contributed by atoms with van der Waals surface area (Å²) in [5.41, 5.74) is 9.90. The molecule has 1 heterocycles. The molecule has 0 amide bonds. The van der Waals surface area contributed by atoms with Crippen molar-refractivity contribution in [2.45, 2.75) is 32.4 Å². The van der Waals surface area contributed by atoms with Crippen LogP contribution in [0.25, 0.3) is 0 Å². The molecule has 2 aromatic rings. The van der Waals surface area contributed by atoms with Crippen molar-refractivity contribution in [2.24, 2.45) is 5.73 Å². The van der Waals surface area contributed by atoms with E-state index in [2.05, 4.69) is 58.0 Å². The predicted molar refractivity (Wildman–Crippen MR) is 92.5 cm³/mol. The maximum Gasteiger partial charge on any atom is 0.0427 e. The first-order valence-electron chi connectivity index (χ1n) is 7.24. The summed E-state index contributed by atoms with van der Waals surface area (Å²) >= 11 is 3.57. The smallest absolute Gasteiger partial charge is 0.0427 e. The predicted octanol–water partition coefficient (Wildman–Crippen LogP) is 3.76. The van der Waals surface area contributed by atoms with Gasteiger partial charge in [0.15, 0.2) is 0 Å². The van der Waals surface area contributed by atoms with Gasteiger partial charge in [-0.1, -0.05) is 28.9 Å². The van der Waals surface area contributed by atoms with E-state index < -0.39 is 0 Å². The zero-order chi connectivity index (χ0) is 15.2. The van der Waals surface area contributed by atoms with Crippen LogP contribution in [0.15, 0.2) is 47.2 Å². The summed E-state index contributed by atoms with van der Waals surface area (Å²) < 4.78 is 1.09. The van der Waals surface area contributed by atoms with Crippen LogP contribution in [0.4, 0.5) is 5.69 Å². The van der Waals surface area contributed by atoms with E-state index in [1.54, 1.807) is 0 Å². The van der Waals surface area contributed by atoms with E-state index in [0.29, 0.717) is 0 Å². The number of anilines is 1. The molecular weight excluding hydrogens is 326 g/mol. The molecule has 2 rings (SSSR count). The maximum absolute atomic E-state index is 6.13. The van der Waals surface area contributed by atoms with Crippen molar-refractivity contribution < 1.29 is 0 Å². The normalized spacial score (nSPS) is 12.2. The number of aromatic nitrogens is 1. The molecule has 0 radical (unpaired) electrons. The monoisotopic (exact) mass is 347 g/mol. The first-order valence-corrected chi connectivity index (χ1v) is 8.03. The van der Waals surface area contributed by atoms with Gasteiger partial charge in [0.05, 0.1) is 0 Å². The van der Waals surface area contributed by atoms with E-state index in [9.17, 15) is 0 Å². The molecule has 0 spiro atoms. The second kappa shape index (κ2) is 7.57. The van der Waals surface area contributed by atoms with Crippen LogP contribution in [-0.2, 0) is 13.0 Å². The minimum Gasteiger partial charge on any atom is -0.370 e. The maximum atomic E-state index is 6.13. The van der Waals surface area contributed by atoms with Crippen molar-refractivity contribution in [2.75, 3.05) is 11.9 Å². The Morgan fingerprint density at radius 3 is 2.62 bits per heavy atom. The Kier molecular flexibility index (Phi) is 5.76. The molecule has 21 heavy (non-hydrogen) atoms. The van der Waals surface area contributed by atoms with Gasteiger partial charge in [-0.05, 0) is 48.2 Å². The van der Waals surface area contributed by atoms with Crippen LogP contribution in [0, 0.1) is 0 Å². The van der Waals surface area contributed by atoms with E-state index in [4.69, 9.17) is 5.73 Å². The zero-order valence-corrected chi connectivity index (χ0v) is 14.2. The third-order valence-electron chi connectivity index (χ3n) is 3.63.